The van der Waals surface area contributed by atoms with Gasteiger partial charge in [0.05, 0.1) is 29.6 Å². The van der Waals surface area contributed by atoms with E-state index >= 15 is 0 Å². The van der Waals surface area contributed by atoms with Gasteiger partial charge in [0.1, 0.15) is 11.5 Å². The zero-order valence-electron chi connectivity index (χ0n) is 18.8. The normalized spacial score (nSPS) is 21.7. The number of nitrogens with zero attached hydrogens (tertiary/aromatic N) is 5. The summed E-state index contributed by atoms with van der Waals surface area (Å²) in [5.74, 6) is -0.0876. The Hall–Kier alpha value is -3.63. The van der Waals surface area contributed by atoms with E-state index in [1.807, 2.05) is 0 Å². The van der Waals surface area contributed by atoms with Gasteiger partial charge in [-0.3, -0.25) is 4.79 Å². The third-order valence-electron chi connectivity index (χ3n) is 6.56. The van der Waals surface area contributed by atoms with Gasteiger partial charge in [-0.25, -0.2) is 24.3 Å². The Morgan fingerprint density at radius 2 is 1.83 bits per heavy atom. The molecule has 35 heavy (non-hydrogen) atoms. The van der Waals surface area contributed by atoms with E-state index in [1.54, 1.807) is 24.0 Å². The Kier molecular flexibility index (Phi) is 5.86. The number of alkyl halides is 3. The van der Waals surface area contributed by atoms with Gasteiger partial charge in [-0.1, -0.05) is 0 Å². The molecule has 3 fully saturated rings. The fourth-order valence-electron chi connectivity index (χ4n) is 4.91. The van der Waals surface area contributed by atoms with Crippen molar-refractivity contribution in [2.24, 2.45) is 5.92 Å². The largest absolute Gasteiger partial charge is 0.417 e. The minimum Gasteiger partial charge on any atom is -0.365 e. The number of rotatable bonds is 4. The minimum absolute atomic E-state index is 0.161. The van der Waals surface area contributed by atoms with Crippen LogP contribution in [0.2, 0.25) is 0 Å². The van der Waals surface area contributed by atoms with E-state index in [4.69, 9.17) is 0 Å². The second-order valence-electron chi connectivity index (χ2n) is 8.96. The molecule has 1 N–H and O–H groups in total. The molecule has 3 aromatic rings. The Morgan fingerprint density at radius 3 is 2.49 bits per heavy atom. The topological polar surface area (TPSA) is 83.9 Å². The van der Waals surface area contributed by atoms with Crippen LogP contribution in [0.4, 0.5) is 23.4 Å². The van der Waals surface area contributed by atoms with Crippen LogP contribution in [0.3, 0.4) is 0 Å². The number of aromatic nitrogens is 4. The van der Waals surface area contributed by atoms with Crippen molar-refractivity contribution in [2.75, 3.05) is 11.9 Å². The average molecular weight is 486 g/mol. The first kappa shape index (κ1) is 23.1. The smallest absolute Gasteiger partial charge is 0.365 e. The molecule has 0 radical (unpaired) electrons. The molecule has 0 spiro atoms. The maximum atomic E-state index is 13.7. The van der Waals surface area contributed by atoms with Gasteiger partial charge in [-0.15, -0.1) is 0 Å². The highest BCUT2D eigenvalue weighted by Crippen LogP contribution is 2.38. The number of carbonyl (C=O) groups excluding carboxylic acids is 1. The van der Waals surface area contributed by atoms with Gasteiger partial charge >= 0.3 is 6.18 Å². The fraction of sp³-hybridized carbons (Fsp3) is 0.375. The average Bonchev–Trinajstić information content (AvgIpc) is 2.84. The van der Waals surface area contributed by atoms with Gasteiger partial charge in [0, 0.05) is 24.5 Å². The Labute approximate surface area is 198 Å². The summed E-state index contributed by atoms with van der Waals surface area (Å²) < 4.78 is 51.9. The molecule has 1 amide bonds. The van der Waals surface area contributed by atoms with E-state index < -0.39 is 17.6 Å². The Bertz CT molecular complexity index is 1230. The first-order valence-electron chi connectivity index (χ1n) is 11.3. The molecule has 1 unspecified atom stereocenters. The third kappa shape index (κ3) is 4.67. The van der Waals surface area contributed by atoms with Gasteiger partial charge in [-0.05, 0) is 56.4 Å². The summed E-state index contributed by atoms with van der Waals surface area (Å²) in [5.41, 5.74) is 0.433. The van der Waals surface area contributed by atoms with Crippen molar-refractivity contribution >= 4 is 11.7 Å². The molecular formula is C24H22F4N6O. The van der Waals surface area contributed by atoms with E-state index in [0.717, 1.165) is 43.9 Å². The van der Waals surface area contributed by atoms with Crippen molar-refractivity contribution in [3.63, 3.8) is 0 Å². The lowest BCUT2D eigenvalue weighted by Crippen LogP contribution is -2.60. The lowest BCUT2D eigenvalue weighted by atomic mass is 9.76. The summed E-state index contributed by atoms with van der Waals surface area (Å²) in [4.78, 5) is 31.9. The van der Waals surface area contributed by atoms with Crippen molar-refractivity contribution in [1.29, 1.82) is 0 Å². The van der Waals surface area contributed by atoms with Crippen LogP contribution in [0, 0.1) is 18.7 Å². The van der Waals surface area contributed by atoms with Crippen LogP contribution in [-0.4, -0.2) is 49.4 Å². The van der Waals surface area contributed by atoms with E-state index in [2.05, 4.69) is 25.3 Å². The number of carbonyl (C=O) groups is 1. The second-order valence-corrected chi connectivity index (χ2v) is 8.96. The van der Waals surface area contributed by atoms with Crippen LogP contribution in [0.1, 0.15) is 41.0 Å². The predicted octanol–water partition coefficient (Wildman–Crippen LogP) is 4.51. The summed E-state index contributed by atoms with van der Waals surface area (Å²) in [6.45, 7) is 2.33. The first-order chi connectivity index (χ1) is 16.7. The number of nitrogens with one attached hydrogen (secondary N) is 1. The molecule has 2 saturated heterocycles. The van der Waals surface area contributed by atoms with E-state index in [0.29, 0.717) is 23.6 Å². The van der Waals surface area contributed by atoms with Crippen molar-refractivity contribution in [3.05, 3.63) is 65.6 Å². The SMILES string of the molecule is Cc1ccc(-c2ncc(F)cn2)c(C(=O)N2CC3CC[C@H]2[C@H](Nc2ccc(C(F)(F)F)cn2)C3)n1. The Morgan fingerprint density at radius 1 is 1.06 bits per heavy atom. The van der Waals surface area contributed by atoms with Crippen molar-refractivity contribution in [3.8, 4) is 11.4 Å². The van der Waals surface area contributed by atoms with Crippen molar-refractivity contribution in [2.45, 2.75) is 44.4 Å². The molecule has 182 valence electrons. The predicted molar refractivity (Wildman–Crippen MR) is 119 cm³/mol. The minimum atomic E-state index is -4.45. The lowest BCUT2D eigenvalue weighted by Gasteiger charge is -2.50. The number of hydrogen-bond acceptors (Lipinski definition) is 6. The standard InChI is InChI=1S/C24H22F4N6O/c1-13-2-5-17(22-30-10-16(25)11-31-22)21(32-13)23(35)34-12-14-3-6-19(34)18(8-14)33-20-7-4-15(9-29-20)24(26,27)28/h2,4-5,7,9-11,14,18-19H,3,6,8,12H2,1H3,(H,29,33)/t14?,18-,19+/m1/s1. The van der Waals surface area contributed by atoms with Crippen LogP contribution in [0.15, 0.2) is 42.9 Å². The van der Waals surface area contributed by atoms with Crippen LogP contribution >= 0.6 is 0 Å². The number of fused-ring (bicyclic) bond motifs is 3. The fourth-order valence-corrected chi connectivity index (χ4v) is 4.91. The number of aryl methyl sites for hydroxylation is 1. The number of pyridine rings is 2. The highest BCUT2D eigenvalue weighted by molar-refractivity contribution is 5.98. The molecule has 11 heteroatoms. The summed E-state index contributed by atoms with van der Waals surface area (Å²) in [7, 11) is 0. The quantitative estimate of drug-likeness (QED) is 0.547. The highest BCUT2D eigenvalue weighted by atomic mass is 19.4. The van der Waals surface area contributed by atoms with Crippen LogP contribution in [-0.2, 0) is 6.18 Å². The highest BCUT2D eigenvalue weighted by Gasteiger charge is 2.44. The molecule has 0 aromatic carbocycles. The zero-order valence-corrected chi connectivity index (χ0v) is 18.8. The first-order valence-corrected chi connectivity index (χ1v) is 11.3. The molecule has 3 aliphatic rings. The molecular weight excluding hydrogens is 464 g/mol. The van der Waals surface area contributed by atoms with Crippen LogP contribution in [0.25, 0.3) is 11.4 Å². The number of halogens is 4. The zero-order chi connectivity index (χ0) is 24.7. The number of piperidine rings is 2. The molecule has 2 aliphatic heterocycles. The number of amides is 1. The van der Waals surface area contributed by atoms with Gasteiger partial charge in [0.2, 0.25) is 0 Å². The molecule has 3 aromatic heterocycles. The molecule has 2 bridgehead atoms. The summed E-state index contributed by atoms with van der Waals surface area (Å²) in [6.07, 6.45) is 0.924. The van der Waals surface area contributed by atoms with E-state index in [-0.39, 0.29) is 35.4 Å². The molecule has 5 heterocycles. The van der Waals surface area contributed by atoms with E-state index in [9.17, 15) is 22.4 Å². The molecule has 1 aliphatic carbocycles. The van der Waals surface area contributed by atoms with Gasteiger partial charge in [0.25, 0.3) is 5.91 Å². The van der Waals surface area contributed by atoms with E-state index in [1.165, 1.54) is 6.07 Å². The van der Waals surface area contributed by atoms with Crippen molar-refractivity contribution < 1.29 is 22.4 Å². The monoisotopic (exact) mass is 486 g/mol. The molecule has 3 atom stereocenters. The van der Waals surface area contributed by atoms with Gasteiger partial charge < -0.3 is 10.2 Å². The summed E-state index contributed by atoms with van der Waals surface area (Å²) in [5, 5.41) is 3.23. The number of hydrogen-bond donors (Lipinski definition) is 1. The van der Waals surface area contributed by atoms with Crippen molar-refractivity contribution in [1.82, 2.24) is 24.8 Å². The molecule has 1 saturated carbocycles. The summed E-state index contributed by atoms with van der Waals surface area (Å²) >= 11 is 0. The Balaban J connectivity index is 1.40. The molecule has 6 rings (SSSR count). The van der Waals surface area contributed by atoms with Gasteiger partial charge in [-0.2, -0.15) is 13.2 Å². The van der Waals surface area contributed by atoms with Crippen LogP contribution < -0.4 is 5.32 Å². The maximum absolute atomic E-state index is 13.7. The lowest BCUT2D eigenvalue weighted by molar-refractivity contribution is -0.137. The maximum Gasteiger partial charge on any atom is 0.417 e. The second kappa shape index (κ2) is 8.86. The van der Waals surface area contributed by atoms with Gasteiger partial charge in [0.15, 0.2) is 11.6 Å². The van der Waals surface area contributed by atoms with Crippen LogP contribution in [0.5, 0.6) is 0 Å². The number of anilines is 1. The molecule has 7 nitrogen and oxygen atoms in total. The summed E-state index contributed by atoms with van der Waals surface area (Å²) in [6, 6.07) is 5.40. The third-order valence-corrected chi connectivity index (χ3v) is 6.56.